The minimum Gasteiger partial charge on any atom is -0.467 e. The number of nitrogens with zero attached hydrogens (tertiary/aromatic N) is 2. The molecule has 0 unspecified atom stereocenters. The van der Waals surface area contributed by atoms with E-state index in [1.54, 1.807) is 17.6 Å². The van der Waals surface area contributed by atoms with Gasteiger partial charge in [-0.05, 0) is 43.1 Å². The molecule has 0 bridgehead atoms. The van der Waals surface area contributed by atoms with Crippen molar-refractivity contribution in [3.05, 3.63) is 40.4 Å². The van der Waals surface area contributed by atoms with Gasteiger partial charge in [-0.3, -0.25) is 0 Å². The van der Waals surface area contributed by atoms with Gasteiger partial charge in [-0.15, -0.1) is 36.2 Å². The highest BCUT2D eigenvalue weighted by molar-refractivity contribution is 7.19. The number of halogens is 3. The van der Waals surface area contributed by atoms with Crippen molar-refractivity contribution in [2.75, 3.05) is 5.32 Å². The minimum absolute atomic E-state index is 0. The van der Waals surface area contributed by atoms with Crippen LogP contribution < -0.4 is 11.1 Å². The number of nitrogens with one attached hydrogen (secondary N) is 1. The highest BCUT2D eigenvalue weighted by Crippen LogP contribution is 2.31. The first-order valence-electron chi connectivity index (χ1n) is 6.59. The molecule has 9 heteroatoms. The Hall–Kier alpha value is -1.05. The Labute approximate surface area is 155 Å². The van der Waals surface area contributed by atoms with Crippen molar-refractivity contribution in [1.82, 2.24) is 9.97 Å². The summed E-state index contributed by atoms with van der Waals surface area (Å²) in [6, 6.07) is 5.89. The van der Waals surface area contributed by atoms with Gasteiger partial charge in [0.05, 0.1) is 23.0 Å². The molecule has 0 aromatic carbocycles. The molecule has 0 fully saturated rings. The van der Waals surface area contributed by atoms with E-state index < -0.39 is 0 Å². The van der Waals surface area contributed by atoms with Gasteiger partial charge < -0.3 is 15.5 Å². The fourth-order valence-corrected chi connectivity index (χ4v) is 3.45. The zero-order valence-corrected chi connectivity index (χ0v) is 15.5. The first-order valence-corrected chi connectivity index (χ1v) is 7.79. The molecule has 0 spiro atoms. The Balaban J connectivity index is 0.00000132. The van der Waals surface area contributed by atoms with Gasteiger partial charge in [0.2, 0.25) is 5.28 Å². The summed E-state index contributed by atoms with van der Waals surface area (Å²) in [6.07, 6.45) is 2.46. The van der Waals surface area contributed by atoms with Gasteiger partial charge in [-0.1, -0.05) is 0 Å². The first-order chi connectivity index (χ1) is 10.1. The van der Waals surface area contributed by atoms with E-state index in [1.165, 1.54) is 4.88 Å². The van der Waals surface area contributed by atoms with Crippen LogP contribution in [0.3, 0.4) is 0 Å². The lowest BCUT2D eigenvalue weighted by atomic mass is 10.2. The maximum absolute atomic E-state index is 5.99. The molecule has 5 nitrogen and oxygen atoms in total. The van der Waals surface area contributed by atoms with E-state index in [9.17, 15) is 0 Å². The second-order valence-electron chi connectivity index (χ2n) is 4.88. The van der Waals surface area contributed by atoms with Crippen molar-refractivity contribution in [3.8, 4) is 0 Å². The van der Waals surface area contributed by atoms with Crippen molar-refractivity contribution >= 4 is 63.8 Å². The topological polar surface area (TPSA) is 77.0 Å². The molecule has 0 radical (unpaired) electrons. The molecule has 126 valence electrons. The molecule has 3 aromatic rings. The standard InChI is InChI=1S/C14H15ClN4OS.2ClH/c1-8(16)5-10-6-11-12(21-10)13(19-14(15)18-11)17-7-9-3-2-4-20-9;;/h2-4,6,8H,5,7,16H2,1H3,(H,17,18,19);2*1H/t8-;;/m0../s1. The van der Waals surface area contributed by atoms with Gasteiger partial charge in [-0.2, -0.15) is 4.98 Å². The summed E-state index contributed by atoms with van der Waals surface area (Å²) in [5.41, 5.74) is 6.70. The van der Waals surface area contributed by atoms with Crippen molar-refractivity contribution in [1.29, 1.82) is 0 Å². The monoisotopic (exact) mass is 394 g/mol. The van der Waals surface area contributed by atoms with Crippen LogP contribution in [0.5, 0.6) is 0 Å². The molecule has 0 saturated carbocycles. The Bertz CT molecular complexity index is 746. The van der Waals surface area contributed by atoms with Gasteiger partial charge in [0.15, 0.2) is 0 Å². The average molecular weight is 396 g/mol. The zero-order chi connectivity index (χ0) is 14.8. The van der Waals surface area contributed by atoms with Crippen molar-refractivity contribution in [2.24, 2.45) is 5.73 Å². The van der Waals surface area contributed by atoms with Crippen LogP contribution in [0.1, 0.15) is 17.6 Å². The van der Waals surface area contributed by atoms with Crippen LogP contribution in [0.25, 0.3) is 10.2 Å². The number of hydrogen-bond donors (Lipinski definition) is 2. The summed E-state index contributed by atoms with van der Waals surface area (Å²) < 4.78 is 6.29. The van der Waals surface area contributed by atoms with E-state index in [0.29, 0.717) is 6.54 Å². The third-order valence-electron chi connectivity index (χ3n) is 2.93. The highest BCUT2D eigenvalue weighted by Gasteiger charge is 2.12. The molecular formula is C14H17Cl3N4OS. The number of rotatable bonds is 5. The number of aromatic nitrogens is 2. The van der Waals surface area contributed by atoms with Crippen LogP contribution in [0.15, 0.2) is 28.9 Å². The SMILES string of the molecule is C[C@H](N)Cc1cc2nc(Cl)nc(NCc3ccco3)c2s1.Cl.Cl. The molecule has 23 heavy (non-hydrogen) atoms. The first kappa shape index (κ1) is 20.0. The highest BCUT2D eigenvalue weighted by atomic mass is 35.5. The van der Waals surface area contributed by atoms with Crippen LogP contribution >= 0.6 is 47.8 Å². The van der Waals surface area contributed by atoms with Gasteiger partial charge in [0.1, 0.15) is 11.6 Å². The number of hydrogen-bond acceptors (Lipinski definition) is 6. The Morgan fingerprint density at radius 3 is 2.83 bits per heavy atom. The third-order valence-corrected chi connectivity index (χ3v) is 4.25. The number of furan rings is 1. The summed E-state index contributed by atoms with van der Waals surface area (Å²) in [6.45, 7) is 2.54. The Morgan fingerprint density at radius 2 is 2.17 bits per heavy atom. The lowest BCUT2D eigenvalue weighted by molar-refractivity contribution is 0.518. The molecule has 0 aliphatic heterocycles. The molecular weight excluding hydrogens is 379 g/mol. The van der Waals surface area contributed by atoms with Gasteiger partial charge in [0, 0.05) is 10.9 Å². The van der Waals surface area contributed by atoms with E-state index in [0.717, 1.165) is 28.2 Å². The number of anilines is 1. The second-order valence-corrected chi connectivity index (χ2v) is 6.36. The zero-order valence-electron chi connectivity index (χ0n) is 12.3. The number of nitrogens with two attached hydrogens (primary N) is 1. The molecule has 0 saturated heterocycles. The summed E-state index contributed by atoms with van der Waals surface area (Å²) in [4.78, 5) is 9.72. The van der Waals surface area contributed by atoms with Crippen LogP contribution in [0.2, 0.25) is 5.28 Å². The Morgan fingerprint density at radius 1 is 1.39 bits per heavy atom. The lowest BCUT2D eigenvalue weighted by Crippen LogP contribution is -2.16. The van der Waals surface area contributed by atoms with E-state index in [2.05, 4.69) is 15.3 Å². The van der Waals surface area contributed by atoms with E-state index in [4.69, 9.17) is 21.8 Å². The fraction of sp³-hybridized carbons (Fsp3) is 0.286. The quantitative estimate of drug-likeness (QED) is 0.630. The normalized spacial score (nSPS) is 11.6. The molecule has 0 amide bonds. The lowest BCUT2D eigenvalue weighted by Gasteiger charge is -2.04. The fourth-order valence-electron chi connectivity index (χ4n) is 2.07. The van der Waals surface area contributed by atoms with Gasteiger partial charge in [0.25, 0.3) is 0 Å². The molecule has 3 N–H and O–H groups in total. The summed E-state index contributed by atoms with van der Waals surface area (Å²) >= 11 is 7.64. The van der Waals surface area contributed by atoms with Crippen LogP contribution in [0.4, 0.5) is 5.82 Å². The molecule has 3 heterocycles. The number of fused-ring (bicyclic) bond motifs is 1. The summed E-state index contributed by atoms with van der Waals surface area (Å²) in [5, 5.41) is 3.48. The maximum Gasteiger partial charge on any atom is 0.224 e. The predicted molar refractivity (Wildman–Crippen MR) is 100 cm³/mol. The smallest absolute Gasteiger partial charge is 0.224 e. The predicted octanol–water partition coefficient (Wildman–Crippen LogP) is 4.28. The molecule has 1 atom stereocenters. The molecule has 0 aliphatic carbocycles. The molecule has 3 rings (SSSR count). The Kier molecular flexibility index (Phi) is 7.57. The summed E-state index contributed by atoms with van der Waals surface area (Å²) in [7, 11) is 0. The maximum atomic E-state index is 5.99. The third kappa shape index (κ3) is 4.96. The van der Waals surface area contributed by atoms with Crippen molar-refractivity contribution in [3.63, 3.8) is 0 Å². The number of thiophene rings is 1. The molecule has 0 aliphatic rings. The van der Waals surface area contributed by atoms with Crippen molar-refractivity contribution < 1.29 is 4.42 Å². The van der Waals surface area contributed by atoms with E-state index in [-0.39, 0.29) is 36.1 Å². The van der Waals surface area contributed by atoms with Crippen LogP contribution in [0, 0.1) is 0 Å². The van der Waals surface area contributed by atoms with Crippen molar-refractivity contribution in [2.45, 2.75) is 25.9 Å². The van der Waals surface area contributed by atoms with Crippen LogP contribution in [-0.4, -0.2) is 16.0 Å². The van der Waals surface area contributed by atoms with Gasteiger partial charge >= 0.3 is 0 Å². The second kappa shape index (κ2) is 8.70. The summed E-state index contributed by atoms with van der Waals surface area (Å²) in [5.74, 6) is 1.56. The largest absolute Gasteiger partial charge is 0.467 e. The van der Waals surface area contributed by atoms with Crippen LogP contribution in [-0.2, 0) is 13.0 Å². The van der Waals surface area contributed by atoms with E-state index >= 15 is 0 Å². The van der Waals surface area contributed by atoms with E-state index in [1.807, 2.05) is 25.1 Å². The minimum atomic E-state index is 0. The molecule has 3 aromatic heterocycles. The average Bonchev–Trinajstić information content (AvgIpc) is 3.03. The van der Waals surface area contributed by atoms with Gasteiger partial charge in [-0.25, -0.2) is 4.98 Å².